The minimum absolute atomic E-state index is 0.0546. The molecule has 0 saturated heterocycles. The molecular formula is C12H13Cl2N3. The number of rotatable bonds is 2. The van der Waals surface area contributed by atoms with Crippen LogP contribution in [0.3, 0.4) is 0 Å². The lowest BCUT2D eigenvalue weighted by Crippen LogP contribution is -2.22. The Bertz CT molecular complexity index is 585. The van der Waals surface area contributed by atoms with Gasteiger partial charge in [0.15, 0.2) is 5.65 Å². The highest BCUT2D eigenvalue weighted by Gasteiger charge is 2.40. The first-order valence-electron chi connectivity index (χ1n) is 5.70. The van der Waals surface area contributed by atoms with Crippen LogP contribution in [0.25, 0.3) is 5.65 Å². The van der Waals surface area contributed by atoms with E-state index in [2.05, 4.69) is 23.9 Å². The van der Waals surface area contributed by atoms with Crippen molar-refractivity contribution < 1.29 is 0 Å². The maximum atomic E-state index is 6.21. The number of fused-ring (bicyclic) bond motifs is 1. The van der Waals surface area contributed by atoms with Crippen molar-refractivity contribution in [3.63, 3.8) is 0 Å². The Morgan fingerprint density at radius 1 is 1.35 bits per heavy atom. The molecule has 3 rings (SSSR count). The van der Waals surface area contributed by atoms with Crippen LogP contribution in [0.4, 0.5) is 0 Å². The molecular weight excluding hydrogens is 257 g/mol. The summed E-state index contributed by atoms with van der Waals surface area (Å²) in [5.74, 6) is 0.704. The molecule has 0 atom stereocenters. The van der Waals surface area contributed by atoms with E-state index in [4.69, 9.17) is 23.2 Å². The van der Waals surface area contributed by atoms with Gasteiger partial charge in [0.2, 0.25) is 0 Å². The van der Waals surface area contributed by atoms with Crippen LogP contribution in [0.1, 0.15) is 32.4 Å². The third-order valence-electron chi connectivity index (χ3n) is 3.64. The van der Waals surface area contributed by atoms with Gasteiger partial charge in [-0.25, -0.2) is 9.50 Å². The molecule has 2 aromatic rings. The molecule has 90 valence electrons. The summed E-state index contributed by atoms with van der Waals surface area (Å²) in [6.07, 6.45) is 4.11. The summed E-state index contributed by atoms with van der Waals surface area (Å²) in [5.41, 5.74) is 1.70. The molecule has 0 amide bonds. The van der Waals surface area contributed by atoms with Gasteiger partial charge in [-0.05, 0) is 24.8 Å². The van der Waals surface area contributed by atoms with E-state index < -0.39 is 0 Å². The average molecular weight is 270 g/mol. The predicted molar refractivity (Wildman–Crippen MR) is 68.8 cm³/mol. The molecule has 3 nitrogen and oxygen atoms in total. The predicted octanol–water partition coefficient (Wildman–Crippen LogP) is 3.72. The van der Waals surface area contributed by atoms with Gasteiger partial charge in [-0.15, -0.1) is 0 Å². The molecule has 0 radical (unpaired) electrons. The van der Waals surface area contributed by atoms with Crippen LogP contribution in [-0.4, -0.2) is 14.6 Å². The van der Waals surface area contributed by atoms with Gasteiger partial charge in [0.05, 0.1) is 11.9 Å². The number of hydrogen-bond donors (Lipinski definition) is 0. The van der Waals surface area contributed by atoms with Crippen LogP contribution in [0.2, 0.25) is 10.2 Å². The Balaban J connectivity index is 2.20. The Hall–Kier alpha value is -0.800. The maximum absolute atomic E-state index is 6.21. The summed E-state index contributed by atoms with van der Waals surface area (Å²) >= 11 is 12.3. The first-order chi connectivity index (χ1) is 8.00. The van der Waals surface area contributed by atoms with Crippen molar-refractivity contribution in [2.24, 2.45) is 5.92 Å². The van der Waals surface area contributed by atoms with Crippen molar-refractivity contribution in [3.05, 3.63) is 28.1 Å². The highest BCUT2D eigenvalue weighted by molar-refractivity contribution is 6.34. The van der Waals surface area contributed by atoms with E-state index in [0.717, 1.165) is 5.69 Å². The van der Waals surface area contributed by atoms with Crippen LogP contribution < -0.4 is 0 Å². The fourth-order valence-corrected chi connectivity index (χ4v) is 2.64. The number of halogens is 2. The molecule has 5 heteroatoms. The molecule has 1 fully saturated rings. The zero-order valence-corrected chi connectivity index (χ0v) is 11.3. The van der Waals surface area contributed by atoms with Crippen LogP contribution in [0, 0.1) is 5.92 Å². The molecule has 1 saturated carbocycles. The number of aromatic nitrogens is 3. The van der Waals surface area contributed by atoms with Gasteiger partial charge in [0.25, 0.3) is 0 Å². The smallest absolute Gasteiger partial charge is 0.175 e. The molecule has 0 bridgehead atoms. The molecule has 0 spiro atoms. The highest BCUT2D eigenvalue weighted by Crippen LogP contribution is 2.46. The first-order valence-corrected chi connectivity index (χ1v) is 6.46. The van der Waals surface area contributed by atoms with Crippen molar-refractivity contribution in [1.29, 1.82) is 0 Å². The monoisotopic (exact) mass is 269 g/mol. The quantitative estimate of drug-likeness (QED) is 0.778. The van der Waals surface area contributed by atoms with Crippen molar-refractivity contribution in [3.8, 4) is 0 Å². The third-order valence-corrected chi connectivity index (χ3v) is 4.18. The van der Waals surface area contributed by atoms with Crippen molar-refractivity contribution in [2.45, 2.75) is 32.1 Å². The van der Waals surface area contributed by atoms with Gasteiger partial charge in [-0.2, -0.15) is 5.10 Å². The molecule has 0 N–H and O–H groups in total. The second kappa shape index (κ2) is 3.59. The molecule has 2 aromatic heterocycles. The van der Waals surface area contributed by atoms with E-state index in [1.54, 1.807) is 10.7 Å². The summed E-state index contributed by atoms with van der Waals surface area (Å²) in [5, 5.41) is 5.19. The topological polar surface area (TPSA) is 30.2 Å². The largest absolute Gasteiger partial charge is 0.232 e. The SMILES string of the molecule is CC(C)(c1cc(Cl)n2ncc(Cl)c2n1)C1CC1. The zero-order valence-electron chi connectivity index (χ0n) is 9.74. The van der Waals surface area contributed by atoms with Gasteiger partial charge >= 0.3 is 0 Å². The molecule has 1 aliphatic carbocycles. The Labute approximate surface area is 110 Å². The van der Waals surface area contributed by atoms with Gasteiger partial charge in [0, 0.05) is 5.41 Å². The maximum Gasteiger partial charge on any atom is 0.175 e. The minimum Gasteiger partial charge on any atom is -0.232 e. The van der Waals surface area contributed by atoms with Gasteiger partial charge in [0.1, 0.15) is 10.2 Å². The second-order valence-corrected chi connectivity index (χ2v) is 5.98. The van der Waals surface area contributed by atoms with Gasteiger partial charge < -0.3 is 0 Å². The van der Waals surface area contributed by atoms with Crippen LogP contribution in [-0.2, 0) is 5.41 Å². The standard InChI is InChI=1S/C12H13Cl2N3/c1-12(2,7-3-4-7)9-5-10(14)17-11(16-9)8(13)6-15-17/h5-7H,3-4H2,1-2H3. The van der Waals surface area contributed by atoms with Crippen molar-refractivity contribution in [1.82, 2.24) is 14.6 Å². The third kappa shape index (κ3) is 1.72. The first kappa shape index (κ1) is 11.3. The second-order valence-electron chi connectivity index (χ2n) is 5.19. The Morgan fingerprint density at radius 2 is 2.06 bits per heavy atom. The summed E-state index contributed by atoms with van der Waals surface area (Å²) in [7, 11) is 0. The van der Waals surface area contributed by atoms with Gasteiger partial charge in [-0.3, -0.25) is 0 Å². The number of hydrogen-bond acceptors (Lipinski definition) is 2. The molecule has 1 aliphatic rings. The van der Waals surface area contributed by atoms with Gasteiger partial charge in [-0.1, -0.05) is 37.0 Å². The zero-order chi connectivity index (χ0) is 12.2. The van der Waals surface area contributed by atoms with Crippen LogP contribution >= 0.6 is 23.2 Å². The van der Waals surface area contributed by atoms with Crippen LogP contribution in [0.5, 0.6) is 0 Å². The lowest BCUT2D eigenvalue weighted by Gasteiger charge is -2.24. The van der Waals surface area contributed by atoms with E-state index in [0.29, 0.717) is 21.7 Å². The van der Waals surface area contributed by atoms with E-state index >= 15 is 0 Å². The lowest BCUT2D eigenvalue weighted by atomic mass is 9.83. The highest BCUT2D eigenvalue weighted by atomic mass is 35.5. The lowest BCUT2D eigenvalue weighted by molar-refractivity contribution is 0.441. The summed E-state index contributed by atoms with van der Waals surface area (Å²) in [6.45, 7) is 4.42. The van der Waals surface area contributed by atoms with Crippen LogP contribution in [0.15, 0.2) is 12.3 Å². The normalized spacial score (nSPS) is 16.7. The molecule has 17 heavy (non-hydrogen) atoms. The fourth-order valence-electron chi connectivity index (χ4n) is 2.24. The average Bonchev–Trinajstić information content (AvgIpc) is 3.05. The van der Waals surface area contributed by atoms with E-state index in [-0.39, 0.29) is 5.41 Å². The fraction of sp³-hybridized carbons (Fsp3) is 0.500. The van der Waals surface area contributed by atoms with Crippen molar-refractivity contribution >= 4 is 28.8 Å². The summed E-state index contributed by atoms with van der Waals surface area (Å²) in [4.78, 5) is 4.61. The Kier molecular flexibility index (Phi) is 2.39. The minimum atomic E-state index is 0.0546. The molecule has 0 aliphatic heterocycles. The molecule has 0 aromatic carbocycles. The van der Waals surface area contributed by atoms with E-state index in [1.807, 2.05) is 6.07 Å². The molecule has 0 unspecified atom stereocenters. The number of nitrogens with zero attached hydrogens (tertiary/aromatic N) is 3. The summed E-state index contributed by atoms with van der Waals surface area (Å²) < 4.78 is 1.57. The van der Waals surface area contributed by atoms with E-state index in [1.165, 1.54) is 12.8 Å². The molecule has 2 heterocycles. The van der Waals surface area contributed by atoms with Crippen molar-refractivity contribution in [2.75, 3.05) is 0 Å². The Morgan fingerprint density at radius 3 is 2.71 bits per heavy atom. The summed E-state index contributed by atoms with van der Waals surface area (Å²) in [6, 6.07) is 1.90. The van der Waals surface area contributed by atoms with E-state index in [9.17, 15) is 0 Å².